The van der Waals surface area contributed by atoms with Crippen LogP contribution < -0.4 is 10.6 Å². The van der Waals surface area contributed by atoms with Crippen LogP contribution >= 0.6 is 23.2 Å². The summed E-state index contributed by atoms with van der Waals surface area (Å²) < 4.78 is 0. The number of hydrogen-bond donors (Lipinski definition) is 2. The van der Waals surface area contributed by atoms with Crippen molar-refractivity contribution in [1.82, 2.24) is 10.2 Å². The topological polar surface area (TPSA) is 78.5 Å². The summed E-state index contributed by atoms with van der Waals surface area (Å²) in [6.45, 7) is -0.337. The molecule has 0 bridgehead atoms. The van der Waals surface area contributed by atoms with Crippen molar-refractivity contribution in [2.45, 2.75) is 44.1 Å². The molecule has 1 saturated heterocycles. The number of carbonyl (C=O) groups is 3. The number of carbonyl (C=O) groups excluding carboxylic acids is 3. The molecule has 25 heavy (non-hydrogen) atoms. The highest BCUT2D eigenvalue weighted by molar-refractivity contribution is 6.35. The molecule has 4 amide bonds. The number of rotatable bonds is 3. The van der Waals surface area contributed by atoms with Gasteiger partial charge in [0.15, 0.2) is 0 Å². The van der Waals surface area contributed by atoms with Crippen molar-refractivity contribution in [3.63, 3.8) is 0 Å². The summed E-state index contributed by atoms with van der Waals surface area (Å²) in [5.41, 5.74) is -0.425. The predicted molar refractivity (Wildman–Crippen MR) is 95.8 cm³/mol. The summed E-state index contributed by atoms with van der Waals surface area (Å²) in [5.74, 6) is -0.786. The molecule has 1 heterocycles. The molecule has 8 heteroatoms. The van der Waals surface area contributed by atoms with Gasteiger partial charge in [-0.2, -0.15) is 0 Å². The Balaban J connectivity index is 1.68. The summed E-state index contributed by atoms with van der Waals surface area (Å²) >= 11 is 11.8. The number of imide groups is 1. The molecule has 2 N–H and O–H groups in total. The maximum absolute atomic E-state index is 12.8. The smallest absolute Gasteiger partial charge is 0.324 e. The Morgan fingerprint density at radius 2 is 1.68 bits per heavy atom. The molecule has 6 nitrogen and oxygen atoms in total. The molecule has 0 radical (unpaired) electrons. The molecule has 2 fully saturated rings. The van der Waals surface area contributed by atoms with Gasteiger partial charge in [-0.15, -0.1) is 0 Å². The van der Waals surface area contributed by atoms with Gasteiger partial charge in [-0.1, -0.05) is 48.9 Å². The number of benzene rings is 1. The van der Waals surface area contributed by atoms with Gasteiger partial charge < -0.3 is 10.6 Å². The van der Waals surface area contributed by atoms with E-state index in [0.29, 0.717) is 28.6 Å². The Bertz CT molecular complexity index is 695. The van der Waals surface area contributed by atoms with E-state index in [2.05, 4.69) is 10.6 Å². The summed E-state index contributed by atoms with van der Waals surface area (Å²) in [5, 5.41) is 6.19. The lowest BCUT2D eigenvalue weighted by Gasteiger charge is -2.24. The minimum absolute atomic E-state index is 0.307. The van der Waals surface area contributed by atoms with E-state index in [1.807, 2.05) is 0 Å². The van der Waals surface area contributed by atoms with E-state index in [9.17, 15) is 14.4 Å². The number of anilines is 1. The molecule has 1 aliphatic carbocycles. The zero-order valence-corrected chi connectivity index (χ0v) is 15.1. The second-order valence-corrected chi connectivity index (χ2v) is 7.40. The first-order chi connectivity index (χ1) is 11.9. The molecular weight excluding hydrogens is 365 g/mol. The van der Waals surface area contributed by atoms with E-state index in [-0.39, 0.29) is 12.5 Å². The van der Waals surface area contributed by atoms with E-state index in [1.165, 1.54) is 0 Å². The lowest BCUT2D eigenvalue weighted by molar-refractivity contribution is -0.134. The van der Waals surface area contributed by atoms with Crippen molar-refractivity contribution >= 4 is 46.7 Å². The van der Waals surface area contributed by atoms with Crippen LogP contribution in [-0.4, -0.2) is 34.8 Å². The van der Waals surface area contributed by atoms with Gasteiger partial charge in [0.2, 0.25) is 5.91 Å². The van der Waals surface area contributed by atoms with Crippen LogP contribution in [0.4, 0.5) is 10.5 Å². The number of amides is 4. The van der Waals surface area contributed by atoms with Crippen LogP contribution in [0.3, 0.4) is 0 Å². The number of urea groups is 1. The highest BCUT2D eigenvalue weighted by Crippen LogP contribution is 2.32. The van der Waals surface area contributed by atoms with E-state index < -0.39 is 17.5 Å². The van der Waals surface area contributed by atoms with E-state index in [4.69, 9.17) is 23.2 Å². The van der Waals surface area contributed by atoms with Crippen molar-refractivity contribution in [1.29, 1.82) is 0 Å². The van der Waals surface area contributed by atoms with Gasteiger partial charge in [0.05, 0.1) is 0 Å². The SMILES string of the molecule is O=C(CN1C(=O)NC2(CCCCCC2)C1=O)Nc1cc(Cl)cc(Cl)c1. The molecule has 1 saturated carbocycles. The average molecular weight is 384 g/mol. The molecule has 3 rings (SSSR count). The van der Waals surface area contributed by atoms with Crippen LogP contribution in [-0.2, 0) is 9.59 Å². The zero-order chi connectivity index (χ0) is 18.0. The molecule has 134 valence electrons. The third-order valence-corrected chi connectivity index (χ3v) is 5.09. The highest BCUT2D eigenvalue weighted by Gasteiger charge is 2.51. The van der Waals surface area contributed by atoms with Gasteiger partial charge >= 0.3 is 6.03 Å². The standard InChI is InChI=1S/C17H19Cl2N3O3/c18-11-7-12(19)9-13(8-11)20-14(23)10-22-15(24)17(21-16(22)25)5-3-1-2-4-6-17/h7-9H,1-6,10H2,(H,20,23)(H,21,25). The van der Waals surface area contributed by atoms with Gasteiger partial charge in [0.25, 0.3) is 5.91 Å². The first-order valence-corrected chi connectivity index (χ1v) is 9.05. The first-order valence-electron chi connectivity index (χ1n) is 8.30. The molecule has 0 unspecified atom stereocenters. The number of nitrogens with zero attached hydrogens (tertiary/aromatic N) is 1. The Labute approximate surface area is 155 Å². The van der Waals surface area contributed by atoms with Crippen LogP contribution in [0, 0.1) is 0 Å². The average Bonchev–Trinajstić information content (AvgIpc) is 2.70. The third kappa shape index (κ3) is 3.90. The molecule has 0 atom stereocenters. The van der Waals surface area contributed by atoms with Crippen molar-refractivity contribution in [2.75, 3.05) is 11.9 Å². The van der Waals surface area contributed by atoms with Gasteiger partial charge in [-0.3, -0.25) is 14.5 Å². The summed E-state index contributed by atoms with van der Waals surface area (Å²) in [6.07, 6.45) is 5.15. The molecule has 1 aliphatic heterocycles. The van der Waals surface area contributed by atoms with Crippen molar-refractivity contribution in [2.24, 2.45) is 0 Å². The van der Waals surface area contributed by atoms with Crippen LogP contribution in [0.5, 0.6) is 0 Å². The van der Waals surface area contributed by atoms with Gasteiger partial charge in [0, 0.05) is 15.7 Å². The van der Waals surface area contributed by atoms with Crippen LogP contribution in [0.2, 0.25) is 10.0 Å². The third-order valence-electron chi connectivity index (χ3n) is 4.65. The first kappa shape index (κ1) is 18.0. The molecule has 0 aromatic heterocycles. The van der Waals surface area contributed by atoms with Crippen molar-refractivity contribution in [3.05, 3.63) is 28.2 Å². The normalized spacial score (nSPS) is 19.7. The monoisotopic (exact) mass is 383 g/mol. The summed E-state index contributed by atoms with van der Waals surface area (Å²) in [7, 11) is 0. The molecule has 1 aromatic carbocycles. The minimum Gasteiger partial charge on any atom is -0.324 e. The van der Waals surface area contributed by atoms with E-state index >= 15 is 0 Å². The van der Waals surface area contributed by atoms with E-state index in [1.54, 1.807) is 18.2 Å². The predicted octanol–water partition coefficient (Wildman–Crippen LogP) is 3.58. The molecule has 1 aromatic rings. The van der Waals surface area contributed by atoms with Crippen LogP contribution in [0.15, 0.2) is 18.2 Å². The van der Waals surface area contributed by atoms with Crippen LogP contribution in [0.1, 0.15) is 38.5 Å². The fourth-order valence-electron chi connectivity index (χ4n) is 3.46. The maximum atomic E-state index is 12.8. The Morgan fingerprint density at radius 1 is 1.08 bits per heavy atom. The lowest BCUT2D eigenvalue weighted by Crippen LogP contribution is -2.47. The Kier molecular flexibility index (Phi) is 5.20. The number of nitrogens with one attached hydrogen (secondary N) is 2. The molecule has 1 spiro atoms. The molecular formula is C17H19Cl2N3O3. The summed E-state index contributed by atoms with van der Waals surface area (Å²) in [6, 6.07) is 4.13. The van der Waals surface area contributed by atoms with Gasteiger partial charge in [0.1, 0.15) is 12.1 Å². The van der Waals surface area contributed by atoms with Crippen molar-refractivity contribution < 1.29 is 14.4 Å². The fraction of sp³-hybridized carbons (Fsp3) is 0.471. The Morgan fingerprint density at radius 3 is 2.28 bits per heavy atom. The second kappa shape index (κ2) is 7.22. The minimum atomic E-state index is -0.840. The highest BCUT2D eigenvalue weighted by atomic mass is 35.5. The maximum Gasteiger partial charge on any atom is 0.325 e. The fourth-order valence-corrected chi connectivity index (χ4v) is 3.99. The zero-order valence-electron chi connectivity index (χ0n) is 13.6. The largest absolute Gasteiger partial charge is 0.325 e. The van der Waals surface area contributed by atoms with Crippen molar-refractivity contribution in [3.8, 4) is 0 Å². The number of hydrogen-bond acceptors (Lipinski definition) is 3. The number of halogens is 2. The van der Waals surface area contributed by atoms with E-state index in [0.717, 1.165) is 30.6 Å². The molecule has 2 aliphatic rings. The van der Waals surface area contributed by atoms with Crippen LogP contribution in [0.25, 0.3) is 0 Å². The lowest BCUT2D eigenvalue weighted by atomic mass is 9.90. The second-order valence-electron chi connectivity index (χ2n) is 6.52. The summed E-state index contributed by atoms with van der Waals surface area (Å²) in [4.78, 5) is 38.2. The quantitative estimate of drug-likeness (QED) is 0.782. The Hall–Kier alpha value is -1.79. The van der Waals surface area contributed by atoms with Gasteiger partial charge in [-0.25, -0.2) is 4.79 Å². The van der Waals surface area contributed by atoms with Gasteiger partial charge in [-0.05, 0) is 31.0 Å².